The van der Waals surface area contributed by atoms with Crippen LogP contribution in [0.15, 0.2) is 30.3 Å². The number of benzene rings is 1. The lowest BCUT2D eigenvalue weighted by Gasteiger charge is -2.15. The molecule has 1 aromatic carbocycles. The van der Waals surface area contributed by atoms with Crippen LogP contribution in [0.1, 0.15) is 24.3 Å². The monoisotopic (exact) mass is 218 g/mol. The molecule has 3 atom stereocenters. The number of carbonyl (C=O) groups excluding carboxylic acids is 1. The summed E-state index contributed by atoms with van der Waals surface area (Å²) >= 11 is 0. The van der Waals surface area contributed by atoms with Crippen molar-refractivity contribution >= 4 is 5.97 Å². The molecule has 3 heteroatoms. The van der Waals surface area contributed by atoms with Crippen LogP contribution in [0.25, 0.3) is 0 Å². The molecular formula is C13H14O3. The van der Waals surface area contributed by atoms with Gasteiger partial charge in [0.05, 0.1) is 24.7 Å². The molecule has 2 aliphatic rings. The SMILES string of the molecule is COC(=O)[C@@H](CC12CC1O2)c1ccccc1. The number of hydrogen-bond acceptors (Lipinski definition) is 3. The molecule has 1 aromatic rings. The molecule has 0 radical (unpaired) electrons. The summed E-state index contributed by atoms with van der Waals surface area (Å²) < 4.78 is 10.3. The second-order valence-electron chi connectivity index (χ2n) is 4.57. The zero-order valence-corrected chi connectivity index (χ0v) is 9.18. The van der Waals surface area contributed by atoms with Crippen molar-refractivity contribution in [3.63, 3.8) is 0 Å². The third kappa shape index (κ3) is 1.52. The molecule has 2 unspecified atom stereocenters. The normalized spacial score (nSPS) is 31.4. The lowest BCUT2D eigenvalue weighted by Crippen LogP contribution is -2.18. The van der Waals surface area contributed by atoms with Gasteiger partial charge < -0.3 is 9.47 Å². The standard InChI is InChI=1S/C13H14O3/c1-15-12(14)10(7-13-8-11(13)16-13)9-5-3-2-4-6-9/h2-6,10-11H,7-8H2,1H3/t10-,11?,13?/m0/s1. The van der Waals surface area contributed by atoms with Crippen LogP contribution in [0.2, 0.25) is 0 Å². The van der Waals surface area contributed by atoms with Crippen molar-refractivity contribution in [2.24, 2.45) is 0 Å². The van der Waals surface area contributed by atoms with E-state index < -0.39 is 0 Å². The van der Waals surface area contributed by atoms with Crippen molar-refractivity contribution < 1.29 is 14.3 Å². The van der Waals surface area contributed by atoms with Crippen LogP contribution in [-0.2, 0) is 14.3 Å². The van der Waals surface area contributed by atoms with E-state index in [1.165, 1.54) is 7.11 Å². The van der Waals surface area contributed by atoms with Gasteiger partial charge in [-0.05, 0) is 12.0 Å². The van der Waals surface area contributed by atoms with Gasteiger partial charge in [-0.3, -0.25) is 4.79 Å². The minimum absolute atomic E-state index is 0.0225. The van der Waals surface area contributed by atoms with Crippen molar-refractivity contribution in [3.8, 4) is 0 Å². The molecule has 0 spiro atoms. The van der Waals surface area contributed by atoms with E-state index in [1.54, 1.807) is 0 Å². The fourth-order valence-electron chi connectivity index (χ4n) is 2.27. The fourth-order valence-corrected chi connectivity index (χ4v) is 2.27. The van der Waals surface area contributed by atoms with Gasteiger partial charge in [-0.15, -0.1) is 0 Å². The van der Waals surface area contributed by atoms with Gasteiger partial charge in [-0.2, -0.15) is 0 Å². The van der Waals surface area contributed by atoms with E-state index in [4.69, 9.17) is 9.47 Å². The van der Waals surface area contributed by atoms with Crippen molar-refractivity contribution in [2.45, 2.75) is 30.5 Å². The van der Waals surface area contributed by atoms with Crippen LogP contribution >= 0.6 is 0 Å². The zero-order valence-electron chi connectivity index (χ0n) is 9.18. The van der Waals surface area contributed by atoms with E-state index in [0.29, 0.717) is 6.10 Å². The molecule has 1 aliphatic heterocycles. The number of carbonyl (C=O) groups is 1. The molecule has 0 amide bonds. The average molecular weight is 218 g/mol. The Labute approximate surface area is 94.4 Å². The molecule has 1 saturated carbocycles. The Balaban J connectivity index is 1.81. The van der Waals surface area contributed by atoms with Crippen LogP contribution in [0.4, 0.5) is 0 Å². The highest BCUT2D eigenvalue weighted by Crippen LogP contribution is 2.64. The quantitative estimate of drug-likeness (QED) is 0.572. The Kier molecular flexibility index (Phi) is 2.04. The van der Waals surface area contributed by atoms with E-state index in [0.717, 1.165) is 18.4 Å². The molecule has 2 fully saturated rings. The highest BCUT2D eigenvalue weighted by Gasteiger charge is 2.73. The zero-order chi connectivity index (χ0) is 11.2. The Morgan fingerprint density at radius 3 is 2.69 bits per heavy atom. The molecule has 0 aromatic heterocycles. The number of methoxy groups -OCH3 is 1. The topological polar surface area (TPSA) is 38.8 Å². The van der Waals surface area contributed by atoms with E-state index in [1.807, 2.05) is 30.3 Å². The van der Waals surface area contributed by atoms with Gasteiger partial charge in [0.25, 0.3) is 0 Å². The molecule has 0 N–H and O–H groups in total. The average Bonchev–Trinajstić information content (AvgIpc) is 3.15. The second kappa shape index (κ2) is 3.32. The first-order valence-corrected chi connectivity index (χ1v) is 5.56. The Bertz CT molecular complexity index is 406. The Hall–Kier alpha value is -1.35. The van der Waals surface area contributed by atoms with Crippen molar-refractivity contribution in [3.05, 3.63) is 35.9 Å². The molecule has 1 heterocycles. The molecule has 0 bridgehead atoms. The second-order valence-corrected chi connectivity index (χ2v) is 4.57. The van der Waals surface area contributed by atoms with E-state index >= 15 is 0 Å². The van der Waals surface area contributed by atoms with Gasteiger partial charge in [-0.1, -0.05) is 30.3 Å². The van der Waals surface area contributed by atoms with Crippen LogP contribution in [0.5, 0.6) is 0 Å². The molecule has 84 valence electrons. The first-order chi connectivity index (χ1) is 7.75. The third-order valence-electron chi connectivity index (χ3n) is 3.51. The molecule has 1 aliphatic carbocycles. The molecular weight excluding hydrogens is 204 g/mol. The minimum atomic E-state index is -0.182. The summed E-state index contributed by atoms with van der Waals surface area (Å²) in [5, 5.41) is 0. The number of epoxide rings is 1. The maximum atomic E-state index is 11.8. The molecule has 16 heavy (non-hydrogen) atoms. The van der Waals surface area contributed by atoms with Gasteiger partial charge in [-0.25, -0.2) is 0 Å². The summed E-state index contributed by atoms with van der Waals surface area (Å²) in [6.07, 6.45) is 2.28. The van der Waals surface area contributed by atoms with E-state index in [9.17, 15) is 4.79 Å². The fraction of sp³-hybridized carbons (Fsp3) is 0.462. The largest absolute Gasteiger partial charge is 0.469 e. The first kappa shape index (κ1) is 9.85. The number of rotatable bonds is 4. The summed E-state index contributed by atoms with van der Waals surface area (Å²) in [6, 6.07) is 9.78. The number of esters is 1. The van der Waals surface area contributed by atoms with Crippen LogP contribution in [0, 0.1) is 0 Å². The van der Waals surface area contributed by atoms with Gasteiger partial charge >= 0.3 is 5.97 Å². The van der Waals surface area contributed by atoms with E-state index in [2.05, 4.69) is 0 Å². The number of hydrogen-bond donors (Lipinski definition) is 0. The van der Waals surface area contributed by atoms with Crippen LogP contribution in [-0.4, -0.2) is 24.8 Å². The highest BCUT2D eigenvalue weighted by atomic mass is 16.6. The van der Waals surface area contributed by atoms with Gasteiger partial charge in [0.1, 0.15) is 0 Å². The van der Waals surface area contributed by atoms with Crippen LogP contribution in [0.3, 0.4) is 0 Å². The summed E-state index contributed by atoms with van der Waals surface area (Å²) in [4.78, 5) is 11.8. The predicted octanol–water partition coefficient (Wildman–Crippen LogP) is 1.87. The summed E-state index contributed by atoms with van der Waals surface area (Å²) in [5.41, 5.74) is 1.04. The van der Waals surface area contributed by atoms with Crippen molar-refractivity contribution in [1.82, 2.24) is 0 Å². The van der Waals surface area contributed by atoms with Crippen LogP contribution < -0.4 is 0 Å². The Morgan fingerprint density at radius 1 is 1.56 bits per heavy atom. The van der Waals surface area contributed by atoms with Gasteiger partial charge in [0.2, 0.25) is 0 Å². The van der Waals surface area contributed by atoms with Gasteiger partial charge in [0.15, 0.2) is 0 Å². The molecule has 3 rings (SSSR count). The lowest BCUT2D eigenvalue weighted by molar-refractivity contribution is -0.143. The maximum absolute atomic E-state index is 11.8. The number of ether oxygens (including phenoxy) is 2. The predicted molar refractivity (Wildman–Crippen MR) is 58.0 cm³/mol. The minimum Gasteiger partial charge on any atom is -0.469 e. The summed E-state index contributed by atoms with van der Waals surface area (Å²) in [6.45, 7) is 0. The number of fused-ring (bicyclic) bond motifs is 1. The smallest absolute Gasteiger partial charge is 0.313 e. The van der Waals surface area contributed by atoms with Gasteiger partial charge in [0, 0.05) is 6.42 Å². The Morgan fingerprint density at radius 2 is 2.19 bits per heavy atom. The molecule has 1 saturated heterocycles. The van der Waals surface area contributed by atoms with Crippen molar-refractivity contribution in [2.75, 3.05) is 7.11 Å². The van der Waals surface area contributed by atoms with E-state index in [-0.39, 0.29) is 17.5 Å². The summed E-state index contributed by atoms with van der Waals surface area (Å²) in [5.74, 6) is -0.347. The first-order valence-electron chi connectivity index (χ1n) is 5.56. The molecule has 3 nitrogen and oxygen atoms in total. The maximum Gasteiger partial charge on any atom is 0.313 e. The highest BCUT2D eigenvalue weighted by molar-refractivity contribution is 5.78. The van der Waals surface area contributed by atoms with Crippen molar-refractivity contribution in [1.29, 1.82) is 0 Å². The summed E-state index contributed by atoms with van der Waals surface area (Å²) in [7, 11) is 1.44. The third-order valence-corrected chi connectivity index (χ3v) is 3.51. The lowest BCUT2D eigenvalue weighted by atomic mass is 9.93.